The summed E-state index contributed by atoms with van der Waals surface area (Å²) in [6.45, 7) is 9.63. The third kappa shape index (κ3) is 4.42. The Bertz CT molecular complexity index is 259. The van der Waals surface area contributed by atoms with Gasteiger partial charge in [0.25, 0.3) is 0 Å². The molecule has 0 saturated heterocycles. The third-order valence-electron chi connectivity index (χ3n) is 4.87. The van der Waals surface area contributed by atoms with Crippen LogP contribution in [0.2, 0.25) is 0 Å². The van der Waals surface area contributed by atoms with Crippen molar-refractivity contribution in [3.63, 3.8) is 0 Å². The molecule has 0 bridgehead atoms. The molecule has 0 aliphatic heterocycles. The third-order valence-corrected chi connectivity index (χ3v) is 4.87. The molecule has 1 saturated carbocycles. The van der Waals surface area contributed by atoms with E-state index in [-0.39, 0.29) is 12.1 Å². The van der Waals surface area contributed by atoms with Crippen LogP contribution in [0.5, 0.6) is 0 Å². The smallest absolute Gasteiger partial charge is 0.0613 e. The fraction of sp³-hybridized carbons (Fsp3) is 1.00. The molecule has 2 atom stereocenters. The van der Waals surface area contributed by atoms with Crippen LogP contribution in [0.1, 0.15) is 52.9 Å². The van der Waals surface area contributed by atoms with Crippen LogP contribution in [0.25, 0.3) is 0 Å². The van der Waals surface area contributed by atoms with E-state index in [1.54, 1.807) is 7.11 Å². The molecule has 1 aliphatic rings. The number of rotatable bonds is 10. The summed E-state index contributed by atoms with van der Waals surface area (Å²) >= 11 is 0. The van der Waals surface area contributed by atoms with Crippen molar-refractivity contribution in [3.05, 3.63) is 0 Å². The second-order valence-corrected chi connectivity index (χ2v) is 6.07. The minimum atomic E-state index is -0.0588. The van der Waals surface area contributed by atoms with Crippen molar-refractivity contribution in [3.8, 4) is 0 Å². The molecule has 1 aliphatic carbocycles. The summed E-state index contributed by atoms with van der Waals surface area (Å²) in [5.41, 5.74) is -0.0588. The first-order chi connectivity index (χ1) is 9.66. The van der Waals surface area contributed by atoms with Crippen LogP contribution in [0.3, 0.4) is 0 Å². The van der Waals surface area contributed by atoms with Crippen molar-refractivity contribution in [1.29, 1.82) is 0 Å². The average molecular weight is 286 g/mol. The van der Waals surface area contributed by atoms with Crippen LogP contribution in [-0.4, -0.2) is 61.0 Å². The maximum absolute atomic E-state index is 9.77. The number of likely N-dealkylation sites (N-methyl/N-ethyl adjacent to an activating group) is 1. The Morgan fingerprint density at radius 2 is 2.05 bits per heavy atom. The number of ether oxygens (including phenoxy) is 1. The highest BCUT2D eigenvalue weighted by atomic mass is 16.5. The molecular weight excluding hydrogens is 252 g/mol. The molecule has 20 heavy (non-hydrogen) atoms. The SMILES string of the molecule is CCNC1(CO)CCC(N(CCOC)C(CC)CC)C1. The highest BCUT2D eigenvalue weighted by molar-refractivity contribution is 5.00. The van der Waals surface area contributed by atoms with E-state index in [0.29, 0.717) is 12.1 Å². The Morgan fingerprint density at radius 3 is 2.55 bits per heavy atom. The molecule has 1 fully saturated rings. The first-order valence-corrected chi connectivity index (χ1v) is 8.26. The summed E-state index contributed by atoms with van der Waals surface area (Å²) < 4.78 is 5.29. The number of nitrogens with one attached hydrogen (secondary N) is 1. The molecule has 0 aromatic carbocycles. The van der Waals surface area contributed by atoms with Gasteiger partial charge in [0.15, 0.2) is 0 Å². The van der Waals surface area contributed by atoms with E-state index in [4.69, 9.17) is 4.74 Å². The minimum Gasteiger partial charge on any atom is -0.394 e. The summed E-state index contributed by atoms with van der Waals surface area (Å²) in [6.07, 6.45) is 5.67. The van der Waals surface area contributed by atoms with E-state index in [2.05, 4.69) is 31.0 Å². The Balaban J connectivity index is 2.72. The Hall–Kier alpha value is -0.160. The van der Waals surface area contributed by atoms with E-state index in [1.165, 1.54) is 19.3 Å². The fourth-order valence-corrected chi connectivity index (χ4v) is 3.73. The highest BCUT2D eigenvalue weighted by Gasteiger charge is 2.41. The van der Waals surface area contributed by atoms with Gasteiger partial charge in [-0.15, -0.1) is 0 Å². The van der Waals surface area contributed by atoms with E-state index >= 15 is 0 Å². The number of aliphatic hydroxyl groups excluding tert-OH is 1. The Morgan fingerprint density at radius 1 is 1.35 bits per heavy atom. The molecular formula is C16H34N2O2. The molecule has 4 nitrogen and oxygen atoms in total. The van der Waals surface area contributed by atoms with Gasteiger partial charge in [0.2, 0.25) is 0 Å². The van der Waals surface area contributed by atoms with Gasteiger partial charge in [0.05, 0.1) is 13.2 Å². The zero-order valence-corrected chi connectivity index (χ0v) is 13.8. The maximum Gasteiger partial charge on any atom is 0.0613 e. The summed E-state index contributed by atoms with van der Waals surface area (Å²) in [5.74, 6) is 0. The van der Waals surface area contributed by atoms with Crippen molar-refractivity contribution >= 4 is 0 Å². The van der Waals surface area contributed by atoms with Crippen molar-refractivity contribution in [2.24, 2.45) is 0 Å². The van der Waals surface area contributed by atoms with Gasteiger partial charge < -0.3 is 15.2 Å². The highest BCUT2D eigenvalue weighted by Crippen LogP contribution is 2.34. The summed E-state index contributed by atoms with van der Waals surface area (Å²) in [5, 5.41) is 13.3. The van der Waals surface area contributed by atoms with Crippen molar-refractivity contribution in [1.82, 2.24) is 10.2 Å². The van der Waals surface area contributed by atoms with Gasteiger partial charge in [-0.1, -0.05) is 20.8 Å². The van der Waals surface area contributed by atoms with Crippen LogP contribution in [0, 0.1) is 0 Å². The molecule has 0 aromatic rings. The predicted molar refractivity (Wildman–Crippen MR) is 84.1 cm³/mol. The lowest BCUT2D eigenvalue weighted by Crippen LogP contribution is -2.49. The normalized spacial score (nSPS) is 26.9. The summed E-state index contributed by atoms with van der Waals surface area (Å²) in [6, 6.07) is 1.20. The van der Waals surface area contributed by atoms with Gasteiger partial charge >= 0.3 is 0 Å². The van der Waals surface area contributed by atoms with E-state index < -0.39 is 0 Å². The van der Waals surface area contributed by atoms with Crippen LogP contribution >= 0.6 is 0 Å². The lowest BCUT2D eigenvalue weighted by molar-refractivity contribution is 0.0734. The largest absolute Gasteiger partial charge is 0.394 e. The molecule has 2 unspecified atom stereocenters. The van der Waals surface area contributed by atoms with Crippen LogP contribution in [-0.2, 0) is 4.74 Å². The second kappa shape index (κ2) is 8.98. The summed E-state index contributed by atoms with van der Waals surface area (Å²) in [7, 11) is 1.77. The number of methoxy groups -OCH3 is 1. The lowest BCUT2D eigenvalue weighted by atomic mass is 9.97. The quantitative estimate of drug-likeness (QED) is 0.645. The van der Waals surface area contributed by atoms with Gasteiger partial charge in [-0.3, -0.25) is 4.90 Å². The Kier molecular flexibility index (Phi) is 8.03. The zero-order chi connectivity index (χ0) is 15.0. The van der Waals surface area contributed by atoms with E-state index in [0.717, 1.165) is 32.5 Å². The molecule has 0 heterocycles. The molecule has 1 rings (SSSR count). The number of hydrogen-bond acceptors (Lipinski definition) is 4. The molecule has 120 valence electrons. The average Bonchev–Trinajstić information content (AvgIpc) is 2.88. The van der Waals surface area contributed by atoms with Gasteiger partial charge in [-0.05, 0) is 38.6 Å². The maximum atomic E-state index is 9.77. The molecule has 0 radical (unpaired) electrons. The van der Waals surface area contributed by atoms with Crippen LogP contribution in [0.15, 0.2) is 0 Å². The van der Waals surface area contributed by atoms with Gasteiger partial charge in [0.1, 0.15) is 0 Å². The molecule has 2 N–H and O–H groups in total. The molecule has 0 aromatic heterocycles. The zero-order valence-electron chi connectivity index (χ0n) is 13.8. The van der Waals surface area contributed by atoms with Crippen LogP contribution < -0.4 is 5.32 Å². The van der Waals surface area contributed by atoms with Crippen molar-refractivity contribution in [2.45, 2.75) is 70.5 Å². The lowest BCUT2D eigenvalue weighted by Gasteiger charge is -2.37. The topological polar surface area (TPSA) is 44.7 Å². The minimum absolute atomic E-state index is 0.0588. The monoisotopic (exact) mass is 286 g/mol. The van der Waals surface area contributed by atoms with Crippen molar-refractivity contribution in [2.75, 3.05) is 33.4 Å². The van der Waals surface area contributed by atoms with Crippen LogP contribution in [0.4, 0.5) is 0 Å². The first kappa shape index (κ1) is 17.9. The van der Waals surface area contributed by atoms with E-state index in [9.17, 15) is 5.11 Å². The Labute approximate surface area is 124 Å². The van der Waals surface area contributed by atoms with E-state index in [1.807, 2.05) is 0 Å². The standard InChI is InChI=1S/C16H34N2O2/c1-5-14(6-2)18(10-11-20-4)15-8-9-16(12-15,13-19)17-7-3/h14-15,17,19H,5-13H2,1-4H3. The number of nitrogens with zero attached hydrogens (tertiary/aromatic N) is 1. The molecule has 0 amide bonds. The predicted octanol–water partition coefficient (Wildman–Crippen LogP) is 2.02. The summed E-state index contributed by atoms with van der Waals surface area (Å²) in [4.78, 5) is 2.62. The first-order valence-electron chi connectivity index (χ1n) is 8.26. The van der Waals surface area contributed by atoms with Gasteiger partial charge in [0, 0.05) is 31.3 Å². The van der Waals surface area contributed by atoms with Crippen molar-refractivity contribution < 1.29 is 9.84 Å². The van der Waals surface area contributed by atoms with Gasteiger partial charge in [-0.25, -0.2) is 0 Å². The molecule has 4 heteroatoms. The fourth-order valence-electron chi connectivity index (χ4n) is 3.73. The second-order valence-electron chi connectivity index (χ2n) is 6.07. The molecule has 0 spiro atoms. The van der Waals surface area contributed by atoms with Gasteiger partial charge in [-0.2, -0.15) is 0 Å². The number of hydrogen-bond donors (Lipinski definition) is 2. The number of aliphatic hydroxyl groups is 1.